The van der Waals surface area contributed by atoms with Gasteiger partial charge in [-0.15, -0.1) is 13.2 Å². The Balaban J connectivity index is 1.39. The second-order valence-electron chi connectivity index (χ2n) is 9.79. The molecule has 6 heteroatoms. The Morgan fingerprint density at radius 1 is 1.09 bits per heavy atom. The minimum atomic E-state index is -4.71. The molecule has 0 radical (unpaired) electrons. The number of phenolic OH excluding ortho intramolecular Hbond substituents is 1. The van der Waals surface area contributed by atoms with Crippen LogP contribution in [0.4, 0.5) is 13.2 Å². The molecule has 0 spiro atoms. The Morgan fingerprint density at radius 2 is 1.84 bits per heavy atom. The van der Waals surface area contributed by atoms with Crippen LogP contribution in [0.5, 0.6) is 11.5 Å². The molecule has 0 aliphatic heterocycles. The van der Waals surface area contributed by atoms with E-state index in [0.29, 0.717) is 23.5 Å². The minimum absolute atomic E-state index is 0.194. The van der Waals surface area contributed by atoms with Gasteiger partial charge < -0.3 is 14.9 Å². The number of aliphatic hydroxyl groups excluding tert-OH is 1. The van der Waals surface area contributed by atoms with E-state index >= 15 is 0 Å². The zero-order valence-electron chi connectivity index (χ0n) is 17.9. The number of halogens is 3. The highest BCUT2D eigenvalue weighted by atomic mass is 19.4. The number of phenols is 1. The predicted octanol–water partition coefficient (Wildman–Crippen LogP) is 6.20. The van der Waals surface area contributed by atoms with E-state index in [9.17, 15) is 23.4 Å². The molecule has 2 aromatic rings. The van der Waals surface area contributed by atoms with Gasteiger partial charge in [-0.3, -0.25) is 0 Å². The third-order valence-corrected chi connectivity index (χ3v) is 8.04. The van der Waals surface area contributed by atoms with Crippen LogP contribution in [0.1, 0.15) is 55.2 Å². The van der Waals surface area contributed by atoms with Crippen molar-refractivity contribution in [1.29, 1.82) is 0 Å². The Hall–Kier alpha value is -2.47. The number of alkyl halides is 3. The minimum Gasteiger partial charge on any atom is -0.508 e. The molecule has 0 heterocycles. The van der Waals surface area contributed by atoms with Gasteiger partial charge in [-0.2, -0.15) is 0 Å². The van der Waals surface area contributed by atoms with Crippen molar-refractivity contribution in [2.75, 3.05) is 0 Å². The van der Waals surface area contributed by atoms with Gasteiger partial charge in [-0.1, -0.05) is 31.2 Å². The van der Waals surface area contributed by atoms with E-state index in [1.54, 1.807) is 18.2 Å². The van der Waals surface area contributed by atoms with Crippen LogP contribution in [0.15, 0.2) is 48.0 Å². The molecule has 3 aliphatic rings. The molecule has 2 N–H and O–H groups in total. The van der Waals surface area contributed by atoms with Gasteiger partial charge in [0.15, 0.2) is 0 Å². The number of aryl methyl sites for hydroxylation is 1. The van der Waals surface area contributed by atoms with Crippen LogP contribution < -0.4 is 4.74 Å². The van der Waals surface area contributed by atoms with Gasteiger partial charge in [0, 0.05) is 5.41 Å². The third kappa shape index (κ3) is 3.68. The highest BCUT2D eigenvalue weighted by Gasteiger charge is 2.56. The van der Waals surface area contributed by atoms with Crippen molar-refractivity contribution >= 4 is 6.08 Å². The maximum Gasteiger partial charge on any atom is 0.573 e. The normalized spacial score (nSPS) is 32.8. The number of hydrogen-bond donors (Lipinski definition) is 2. The van der Waals surface area contributed by atoms with Crippen molar-refractivity contribution in [3.05, 3.63) is 64.7 Å². The number of aromatic hydroxyl groups is 1. The number of hydrogen-bond acceptors (Lipinski definition) is 3. The molecule has 3 aliphatic carbocycles. The quantitative estimate of drug-likeness (QED) is 0.580. The SMILES string of the molecule is C[C@]12CC[C@@H]3c4ccc(O)cc4CC[C@H]3[C@@H]1C/C(=C\c1ccc(OC(F)(F)F)cc1)[C@@H]2O. The van der Waals surface area contributed by atoms with Crippen LogP contribution >= 0.6 is 0 Å². The summed E-state index contributed by atoms with van der Waals surface area (Å²) < 4.78 is 41.2. The largest absolute Gasteiger partial charge is 0.573 e. The van der Waals surface area contributed by atoms with E-state index in [-0.39, 0.29) is 11.2 Å². The van der Waals surface area contributed by atoms with E-state index < -0.39 is 12.5 Å². The summed E-state index contributed by atoms with van der Waals surface area (Å²) in [5.41, 5.74) is 4.11. The van der Waals surface area contributed by atoms with Crippen LogP contribution in [0.3, 0.4) is 0 Å². The Bertz CT molecular complexity index is 1040. The van der Waals surface area contributed by atoms with Crippen molar-refractivity contribution in [1.82, 2.24) is 0 Å². The molecule has 2 saturated carbocycles. The lowest BCUT2D eigenvalue weighted by Crippen LogP contribution is -2.44. The van der Waals surface area contributed by atoms with Gasteiger partial charge in [0.2, 0.25) is 0 Å². The first kappa shape index (κ1) is 21.4. The van der Waals surface area contributed by atoms with Gasteiger partial charge in [-0.25, -0.2) is 0 Å². The monoisotopic (exact) mass is 444 g/mol. The summed E-state index contributed by atoms with van der Waals surface area (Å²) in [7, 11) is 0. The average molecular weight is 444 g/mol. The second kappa shape index (κ2) is 7.55. The molecular weight excluding hydrogens is 417 g/mol. The summed E-state index contributed by atoms with van der Waals surface area (Å²) in [4.78, 5) is 0. The van der Waals surface area contributed by atoms with Gasteiger partial charge in [0.25, 0.3) is 0 Å². The van der Waals surface area contributed by atoms with Crippen LogP contribution in [-0.2, 0) is 6.42 Å². The smallest absolute Gasteiger partial charge is 0.508 e. The van der Waals surface area contributed by atoms with Crippen molar-refractivity contribution < 1.29 is 28.1 Å². The van der Waals surface area contributed by atoms with Gasteiger partial charge >= 0.3 is 6.36 Å². The van der Waals surface area contributed by atoms with Gasteiger partial charge in [-0.05, 0) is 96.4 Å². The fourth-order valence-electron chi connectivity index (χ4n) is 6.55. The van der Waals surface area contributed by atoms with Crippen molar-refractivity contribution in [3.8, 4) is 11.5 Å². The molecule has 5 rings (SSSR count). The van der Waals surface area contributed by atoms with Gasteiger partial charge in [0.05, 0.1) is 6.10 Å². The lowest BCUT2D eigenvalue weighted by atomic mass is 9.55. The summed E-state index contributed by atoms with van der Waals surface area (Å²) in [5, 5.41) is 21.1. The number of ether oxygens (including phenoxy) is 1. The molecular formula is C26H27F3O3. The van der Waals surface area contributed by atoms with E-state index in [0.717, 1.165) is 43.2 Å². The Morgan fingerprint density at radius 3 is 2.56 bits per heavy atom. The number of rotatable bonds is 2. The molecule has 0 saturated heterocycles. The molecule has 0 amide bonds. The molecule has 3 nitrogen and oxygen atoms in total. The number of aliphatic hydroxyl groups is 1. The zero-order valence-corrected chi connectivity index (χ0v) is 17.9. The van der Waals surface area contributed by atoms with E-state index in [4.69, 9.17) is 0 Å². The highest BCUT2D eigenvalue weighted by molar-refractivity contribution is 5.56. The maximum absolute atomic E-state index is 12.4. The molecule has 0 bridgehead atoms. The summed E-state index contributed by atoms with van der Waals surface area (Å²) in [6, 6.07) is 11.5. The number of fused-ring (bicyclic) bond motifs is 5. The van der Waals surface area contributed by atoms with E-state index in [1.807, 2.05) is 12.1 Å². The standard InChI is InChI=1S/C26H27F3O3/c1-25-11-10-21-20-9-5-18(30)13-16(20)4-8-22(21)23(25)14-17(24(25)31)12-15-2-6-19(7-3-15)32-26(27,28)29/h2-3,5-7,9,12-13,21-24,30-31H,4,8,10-11,14H2,1H3/b17-12+/t21-,22-,23+,24+,25+/m1/s1. The zero-order chi connectivity index (χ0) is 22.7. The molecule has 2 aromatic carbocycles. The Labute approximate surface area is 185 Å². The first-order valence-electron chi connectivity index (χ1n) is 11.2. The highest BCUT2D eigenvalue weighted by Crippen LogP contribution is 2.62. The second-order valence-corrected chi connectivity index (χ2v) is 9.79. The van der Waals surface area contributed by atoms with Crippen molar-refractivity contribution in [2.45, 2.75) is 57.4 Å². The first-order valence-corrected chi connectivity index (χ1v) is 11.2. The topological polar surface area (TPSA) is 49.7 Å². The van der Waals surface area contributed by atoms with Gasteiger partial charge in [0.1, 0.15) is 11.5 Å². The molecule has 0 aromatic heterocycles. The summed E-state index contributed by atoms with van der Waals surface area (Å²) in [6.07, 6.45) is 1.39. The van der Waals surface area contributed by atoms with E-state index in [1.165, 1.54) is 23.3 Å². The summed E-state index contributed by atoms with van der Waals surface area (Å²) in [6.45, 7) is 2.19. The van der Waals surface area contributed by atoms with Crippen LogP contribution in [-0.4, -0.2) is 22.7 Å². The molecule has 0 unspecified atom stereocenters. The fraction of sp³-hybridized carbons (Fsp3) is 0.462. The van der Waals surface area contributed by atoms with Crippen molar-refractivity contribution in [3.63, 3.8) is 0 Å². The maximum atomic E-state index is 12.4. The lowest BCUT2D eigenvalue weighted by molar-refractivity contribution is -0.274. The average Bonchev–Trinajstić information content (AvgIpc) is 2.98. The van der Waals surface area contributed by atoms with Crippen LogP contribution in [0.25, 0.3) is 6.08 Å². The molecule has 5 atom stereocenters. The predicted molar refractivity (Wildman–Crippen MR) is 115 cm³/mol. The summed E-state index contributed by atoms with van der Waals surface area (Å²) in [5.74, 6) is 1.35. The first-order chi connectivity index (χ1) is 15.1. The van der Waals surface area contributed by atoms with Crippen LogP contribution in [0.2, 0.25) is 0 Å². The number of benzene rings is 2. The third-order valence-electron chi connectivity index (χ3n) is 8.04. The Kier molecular flexibility index (Phi) is 5.04. The molecule has 170 valence electrons. The lowest BCUT2D eigenvalue weighted by Gasteiger charge is -2.49. The van der Waals surface area contributed by atoms with Crippen LogP contribution in [0, 0.1) is 17.3 Å². The fourth-order valence-corrected chi connectivity index (χ4v) is 6.55. The van der Waals surface area contributed by atoms with Crippen molar-refractivity contribution in [2.24, 2.45) is 17.3 Å². The molecule has 2 fully saturated rings. The molecule has 32 heavy (non-hydrogen) atoms. The van der Waals surface area contributed by atoms with E-state index in [2.05, 4.69) is 17.7 Å². The summed E-state index contributed by atoms with van der Waals surface area (Å²) >= 11 is 0.